The van der Waals surface area contributed by atoms with Crippen molar-refractivity contribution in [1.82, 2.24) is 0 Å². The van der Waals surface area contributed by atoms with E-state index in [0.29, 0.717) is 0 Å². The lowest BCUT2D eigenvalue weighted by Crippen LogP contribution is -2.21. The van der Waals surface area contributed by atoms with Crippen molar-refractivity contribution in [3.05, 3.63) is 94.5 Å². The van der Waals surface area contributed by atoms with E-state index in [-0.39, 0.29) is 28.2 Å². The SMILES string of the molecule is CC(C)(C)c1cc(O)ccc1C(c1ccccc1)c1ccc(O)cc1C(C)(C)C. The fourth-order valence-electron chi connectivity index (χ4n) is 4.06. The van der Waals surface area contributed by atoms with E-state index < -0.39 is 0 Å². The van der Waals surface area contributed by atoms with Crippen molar-refractivity contribution in [3.8, 4) is 11.5 Å². The van der Waals surface area contributed by atoms with Crippen molar-refractivity contribution < 1.29 is 10.2 Å². The number of benzene rings is 3. The number of rotatable bonds is 3. The van der Waals surface area contributed by atoms with Crippen LogP contribution in [0.2, 0.25) is 0 Å². The Morgan fingerprint density at radius 3 is 1.38 bits per heavy atom. The molecule has 0 aromatic heterocycles. The van der Waals surface area contributed by atoms with Crippen LogP contribution < -0.4 is 0 Å². The summed E-state index contributed by atoms with van der Waals surface area (Å²) in [6.45, 7) is 13.1. The van der Waals surface area contributed by atoms with Gasteiger partial charge in [0.1, 0.15) is 11.5 Å². The van der Waals surface area contributed by atoms with Gasteiger partial charge in [0, 0.05) is 5.92 Å². The predicted octanol–water partition coefficient (Wildman–Crippen LogP) is 6.87. The standard InChI is InChI=1S/C27H32O2/c1-26(2,3)23-16-19(28)12-14-21(23)25(18-10-8-7-9-11-18)22-15-13-20(29)17-24(22)27(4,5)6/h7-17,25,28-29H,1-6H3. The van der Waals surface area contributed by atoms with Gasteiger partial charge in [-0.3, -0.25) is 0 Å². The summed E-state index contributed by atoms with van der Waals surface area (Å²) in [7, 11) is 0. The third-order valence-corrected chi connectivity index (χ3v) is 5.44. The van der Waals surface area contributed by atoms with Gasteiger partial charge in [-0.2, -0.15) is 0 Å². The molecule has 0 radical (unpaired) electrons. The zero-order chi connectivity index (χ0) is 21.4. The summed E-state index contributed by atoms with van der Waals surface area (Å²) in [5.41, 5.74) is 5.55. The smallest absolute Gasteiger partial charge is 0.115 e. The highest BCUT2D eigenvalue weighted by molar-refractivity contribution is 5.54. The minimum atomic E-state index is -0.125. The van der Waals surface area contributed by atoms with E-state index in [1.165, 1.54) is 16.7 Å². The maximum atomic E-state index is 10.2. The van der Waals surface area contributed by atoms with Crippen molar-refractivity contribution in [2.45, 2.75) is 58.3 Å². The van der Waals surface area contributed by atoms with Crippen LogP contribution in [-0.4, -0.2) is 10.2 Å². The molecular weight excluding hydrogens is 356 g/mol. The summed E-state index contributed by atoms with van der Waals surface area (Å²) in [6.07, 6.45) is 0. The molecule has 0 saturated heterocycles. The van der Waals surface area contributed by atoms with Gasteiger partial charge in [-0.15, -0.1) is 0 Å². The Bertz CT molecular complexity index is 926. The molecule has 0 saturated carbocycles. The summed E-state index contributed by atoms with van der Waals surface area (Å²) in [6, 6.07) is 21.9. The summed E-state index contributed by atoms with van der Waals surface area (Å²) in [5, 5.41) is 20.4. The van der Waals surface area contributed by atoms with E-state index in [1.54, 1.807) is 12.1 Å². The highest BCUT2D eigenvalue weighted by Crippen LogP contribution is 2.43. The molecule has 2 heteroatoms. The van der Waals surface area contributed by atoms with Gasteiger partial charge in [0.2, 0.25) is 0 Å². The number of phenols is 2. The van der Waals surface area contributed by atoms with E-state index in [1.807, 2.05) is 30.3 Å². The van der Waals surface area contributed by atoms with Crippen LogP contribution in [0.5, 0.6) is 11.5 Å². The quantitative estimate of drug-likeness (QED) is 0.480. The van der Waals surface area contributed by atoms with Gasteiger partial charge < -0.3 is 10.2 Å². The molecule has 3 rings (SSSR count). The van der Waals surface area contributed by atoms with Gasteiger partial charge >= 0.3 is 0 Å². The van der Waals surface area contributed by atoms with Gasteiger partial charge in [0.05, 0.1) is 0 Å². The van der Waals surface area contributed by atoms with Crippen LogP contribution in [0.1, 0.15) is 75.3 Å². The zero-order valence-electron chi connectivity index (χ0n) is 18.3. The molecule has 0 fully saturated rings. The zero-order valence-corrected chi connectivity index (χ0v) is 18.3. The normalized spacial score (nSPS) is 12.4. The maximum absolute atomic E-state index is 10.2. The molecule has 0 atom stereocenters. The van der Waals surface area contributed by atoms with Gasteiger partial charge in [0.25, 0.3) is 0 Å². The summed E-state index contributed by atoms with van der Waals surface area (Å²) in [5.74, 6) is 0.570. The van der Waals surface area contributed by atoms with Crippen molar-refractivity contribution in [3.63, 3.8) is 0 Å². The molecule has 0 heterocycles. The van der Waals surface area contributed by atoms with E-state index in [4.69, 9.17) is 0 Å². The lowest BCUT2D eigenvalue weighted by Gasteiger charge is -2.32. The Morgan fingerprint density at radius 2 is 1.00 bits per heavy atom. The molecule has 0 aliphatic heterocycles. The highest BCUT2D eigenvalue weighted by Gasteiger charge is 2.30. The molecule has 0 amide bonds. The van der Waals surface area contributed by atoms with Crippen LogP contribution in [0, 0.1) is 0 Å². The summed E-state index contributed by atoms with van der Waals surface area (Å²) < 4.78 is 0. The second-order valence-corrected chi connectivity index (χ2v) is 9.89. The van der Waals surface area contributed by atoms with Crippen molar-refractivity contribution >= 4 is 0 Å². The average Bonchev–Trinajstić information content (AvgIpc) is 2.63. The molecule has 152 valence electrons. The summed E-state index contributed by atoms with van der Waals surface area (Å²) >= 11 is 0. The first-order valence-electron chi connectivity index (χ1n) is 10.2. The van der Waals surface area contributed by atoms with Crippen LogP contribution >= 0.6 is 0 Å². The molecule has 2 nitrogen and oxygen atoms in total. The number of aromatic hydroxyl groups is 2. The van der Waals surface area contributed by atoms with Crippen LogP contribution in [0.3, 0.4) is 0 Å². The average molecular weight is 389 g/mol. The Morgan fingerprint density at radius 1 is 0.586 bits per heavy atom. The van der Waals surface area contributed by atoms with Crippen LogP contribution in [0.15, 0.2) is 66.7 Å². The van der Waals surface area contributed by atoms with Gasteiger partial charge in [0.15, 0.2) is 0 Å². The maximum Gasteiger partial charge on any atom is 0.115 e. The van der Waals surface area contributed by atoms with E-state index in [9.17, 15) is 10.2 Å². The second kappa shape index (κ2) is 7.59. The minimum absolute atomic E-state index is 0.000787. The van der Waals surface area contributed by atoms with E-state index in [0.717, 1.165) is 11.1 Å². The van der Waals surface area contributed by atoms with E-state index >= 15 is 0 Å². The molecule has 2 N–H and O–H groups in total. The van der Waals surface area contributed by atoms with Crippen LogP contribution in [-0.2, 0) is 10.8 Å². The first-order chi connectivity index (χ1) is 13.5. The predicted molar refractivity (Wildman–Crippen MR) is 121 cm³/mol. The number of phenolic OH excluding ortho intramolecular Hbond substituents is 2. The Kier molecular flexibility index (Phi) is 5.49. The molecule has 0 spiro atoms. The molecule has 3 aromatic carbocycles. The van der Waals surface area contributed by atoms with Crippen LogP contribution in [0.4, 0.5) is 0 Å². The Balaban J connectivity index is 2.37. The topological polar surface area (TPSA) is 40.5 Å². The van der Waals surface area contributed by atoms with Gasteiger partial charge in [-0.25, -0.2) is 0 Å². The number of hydrogen-bond acceptors (Lipinski definition) is 2. The molecule has 3 aromatic rings. The third kappa shape index (κ3) is 4.48. The molecular formula is C27H32O2. The van der Waals surface area contributed by atoms with Gasteiger partial charge in [-0.05, 0) is 62.9 Å². The lowest BCUT2D eigenvalue weighted by atomic mass is 9.72. The first-order valence-corrected chi connectivity index (χ1v) is 10.2. The van der Waals surface area contributed by atoms with E-state index in [2.05, 4.69) is 65.8 Å². The molecule has 0 aliphatic rings. The summed E-state index contributed by atoms with van der Waals surface area (Å²) in [4.78, 5) is 0. The Labute approximate surface area is 174 Å². The second-order valence-electron chi connectivity index (χ2n) is 9.89. The molecule has 0 aliphatic carbocycles. The minimum Gasteiger partial charge on any atom is -0.508 e. The fraction of sp³-hybridized carbons (Fsp3) is 0.333. The van der Waals surface area contributed by atoms with Crippen LogP contribution in [0.25, 0.3) is 0 Å². The molecule has 0 bridgehead atoms. The largest absolute Gasteiger partial charge is 0.508 e. The fourth-order valence-corrected chi connectivity index (χ4v) is 4.06. The van der Waals surface area contributed by atoms with Crippen molar-refractivity contribution in [2.75, 3.05) is 0 Å². The lowest BCUT2D eigenvalue weighted by molar-refractivity contribution is 0.469. The van der Waals surface area contributed by atoms with Gasteiger partial charge in [-0.1, -0.05) is 84.0 Å². The number of hydrogen-bond donors (Lipinski definition) is 2. The van der Waals surface area contributed by atoms with Crippen molar-refractivity contribution in [2.24, 2.45) is 0 Å². The molecule has 29 heavy (non-hydrogen) atoms. The highest BCUT2D eigenvalue weighted by atomic mass is 16.3. The monoisotopic (exact) mass is 388 g/mol. The first kappa shape index (κ1) is 21.0. The third-order valence-electron chi connectivity index (χ3n) is 5.44. The Hall–Kier alpha value is -2.74. The molecule has 0 unspecified atom stereocenters. The van der Waals surface area contributed by atoms with Crippen molar-refractivity contribution in [1.29, 1.82) is 0 Å².